The zero-order valence-corrected chi connectivity index (χ0v) is 18.9. The molecule has 1 amide bonds. The summed E-state index contributed by atoms with van der Waals surface area (Å²) in [5, 5.41) is 12.5. The molecule has 162 valence electrons. The Balaban J connectivity index is 1.64. The largest absolute Gasteiger partial charge is 0.481 e. The first-order chi connectivity index (χ1) is 14.1. The monoisotopic (exact) mass is 451 g/mol. The van der Waals surface area contributed by atoms with Crippen LogP contribution in [0.3, 0.4) is 0 Å². The number of aliphatic carboxylic acids is 1. The van der Waals surface area contributed by atoms with Crippen molar-refractivity contribution in [2.75, 3.05) is 13.1 Å². The number of hydrogen-bond donors (Lipinski definition) is 1. The molecule has 3 rings (SSSR count). The van der Waals surface area contributed by atoms with Crippen LogP contribution in [-0.4, -0.2) is 40.8 Å². The van der Waals surface area contributed by atoms with Gasteiger partial charge in [0.25, 0.3) is 0 Å². The molecule has 0 aliphatic carbocycles. The van der Waals surface area contributed by atoms with Gasteiger partial charge in [0.2, 0.25) is 0 Å². The van der Waals surface area contributed by atoms with Gasteiger partial charge < -0.3 is 19.5 Å². The SMILES string of the molecule is CC(C)(C)OC(=O)N1CCC(Cc2cc(Oc3ccc(Cl)cc3)cs2)(C(=O)O)CC1. The zero-order chi connectivity index (χ0) is 21.9. The molecule has 0 bridgehead atoms. The minimum absolute atomic E-state index is 0.362. The first-order valence-electron chi connectivity index (χ1n) is 9.78. The summed E-state index contributed by atoms with van der Waals surface area (Å²) in [5.41, 5.74) is -1.48. The Hall–Kier alpha value is -2.25. The van der Waals surface area contributed by atoms with Crippen LogP contribution < -0.4 is 4.74 Å². The number of carboxylic acids is 1. The second-order valence-corrected chi connectivity index (χ2v) is 9.97. The van der Waals surface area contributed by atoms with Crippen LogP contribution in [-0.2, 0) is 16.0 Å². The third kappa shape index (κ3) is 5.67. The van der Waals surface area contributed by atoms with Crippen LogP contribution in [0.5, 0.6) is 11.5 Å². The number of nitrogens with zero attached hydrogens (tertiary/aromatic N) is 1. The Kier molecular flexibility index (Phi) is 6.62. The van der Waals surface area contributed by atoms with Crippen LogP contribution in [0.15, 0.2) is 35.7 Å². The summed E-state index contributed by atoms with van der Waals surface area (Å²) in [6.07, 6.45) is 0.773. The molecule has 1 aromatic heterocycles. The maximum absolute atomic E-state index is 12.3. The van der Waals surface area contributed by atoms with E-state index < -0.39 is 23.1 Å². The predicted molar refractivity (Wildman–Crippen MR) is 117 cm³/mol. The highest BCUT2D eigenvalue weighted by Gasteiger charge is 2.43. The number of benzene rings is 1. The summed E-state index contributed by atoms with van der Waals surface area (Å²) in [6, 6.07) is 8.95. The normalized spacial score (nSPS) is 16.2. The van der Waals surface area contributed by atoms with Gasteiger partial charge in [0.15, 0.2) is 0 Å². The van der Waals surface area contributed by atoms with Gasteiger partial charge in [0, 0.05) is 28.4 Å². The molecule has 8 heteroatoms. The Morgan fingerprint density at radius 2 is 1.80 bits per heavy atom. The molecular weight excluding hydrogens is 426 g/mol. The van der Waals surface area contributed by atoms with Crippen molar-refractivity contribution in [3.8, 4) is 11.5 Å². The molecule has 1 saturated heterocycles. The van der Waals surface area contributed by atoms with E-state index in [0.29, 0.717) is 48.9 Å². The lowest BCUT2D eigenvalue weighted by molar-refractivity contribution is -0.152. The highest BCUT2D eigenvalue weighted by Crippen LogP contribution is 2.39. The minimum atomic E-state index is -0.902. The molecule has 1 fully saturated rings. The van der Waals surface area contributed by atoms with Gasteiger partial charge in [0.05, 0.1) is 5.41 Å². The van der Waals surface area contributed by atoms with Gasteiger partial charge >= 0.3 is 12.1 Å². The topological polar surface area (TPSA) is 76.1 Å². The lowest BCUT2D eigenvalue weighted by Gasteiger charge is -2.39. The van der Waals surface area contributed by atoms with Crippen molar-refractivity contribution in [1.82, 2.24) is 4.90 Å². The summed E-state index contributed by atoms with van der Waals surface area (Å²) in [5.74, 6) is 0.506. The smallest absolute Gasteiger partial charge is 0.410 e. The first-order valence-corrected chi connectivity index (χ1v) is 11.0. The quantitative estimate of drug-likeness (QED) is 0.618. The van der Waals surface area contributed by atoms with Gasteiger partial charge in [-0.2, -0.15) is 0 Å². The average Bonchev–Trinajstić information content (AvgIpc) is 3.09. The Morgan fingerprint density at radius 3 is 2.37 bits per heavy atom. The van der Waals surface area contributed by atoms with E-state index >= 15 is 0 Å². The lowest BCUT2D eigenvalue weighted by Crippen LogP contribution is -2.48. The fourth-order valence-corrected chi connectivity index (χ4v) is 4.44. The first kappa shape index (κ1) is 22.4. The van der Waals surface area contributed by atoms with Crippen LogP contribution in [0.4, 0.5) is 4.79 Å². The minimum Gasteiger partial charge on any atom is -0.481 e. The van der Waals surface area contributed by atoms with Crippen molar-refractivity contribution in [3.63, 3.8) is 0 Å². The molecule has 1 aliphatic heterocycles. The maximum Gasteiger partial charge on any atom is 0.410 e. The number of rotatable bonds is 5. The van der Waals surface area contributed by atoms with Crippen molar-refractivity contribution in [3.05, 3.63) is 45.6 Å². The number of likely N-dealkylation sites (tertiary alicyclic amines) is 1. The fraction of sp³-hybridized carbons (Fsp3) is 0.455. The molecule has 2 heterocycles. The number of thiophene rings is 1. The van der Waals surface area contributed by atoms with Crippen LogP contribution in [0.25, 0.3) is 0 Å². The maximum atomic E-state index is 12.3. The van der Waals surface area contributed by atoms with Crippen LogP contribution >= 0.6 is 22.9 Å². The van der Waals surface area contributed by atoms with Crippen molar-refractivity contribution in [2.45, 2.75) is 45.6 Å². The highest BCUT2D eigenvalue weighted by atomic mass is 35.5. The standard InChI is InChI=1S/C22H26ClNO5S/c1-21(2,3)29-20(27)24-10-8-22(9-11-24,19(25)26)13-18-12-17(14-30-18)28-16-6-4-15(23)5-7-16/h4-7,12,14H,8-11,13H2,1-3H3,(H,25,26). The summed E-state index contributed by atoms with van der Waals surface area (Å²) in [4.78, 5) is 27.0. The molecule has 1 aromatic carbocycles. The summed E-state index contributed by atoms with van der Waals surface area (Å²) in [7, 11) is 0. The Labute approximate surface area is 185 Å². The van der Waals surface area contributed by atoms with E-state index in [-0.39, 0.29) is 0 Å². The predicted octanol–water partition coefficient (Wildman–Crippen LogP) is 5.84. The number of halogens is 1. The second kappa shape index (κ2) is 8.86. The number of piperidine rings is 1. The summed E-state index contributed by atoms with van der Waals surface area (Å²) >= 11 is 7.37. The molecule has 30 heavy (non-hydrogen) atoms. The molecule has 6 nitrogen and oxygen atoms in total. The number of carbonyl (C=O) groups is 2. The van der Waals surface area contributed by atoms with Gasteiger partial charge in [-0.3, -0.25) is 4.79 Å². The fourth-order valence-electron chi connectivity index (χ4n) is 3.39. The lowest BCUT2D eigenvalue weighted by atomic mass is 9.75. The van der Waals surface area contributed by atoms with Crippen LogP contribution in [0.2, 0.25) is 5.02 Å². The second-order valence-electron chi connectivity index (χ2n) is 8.53. The van der Waals surface area contributed by atoms with Crippen LogP contribution in [0.1, 0.15) is 38.5 Å². The molecule has 0 radical (unpaired) electrons. The average molecular weight is 452 g/mol. The Bertz CT molecular complexity index is 895. The molecule has 1 N–H and O–H groups in total. The molecule has 2 aromatic rings. The molecular formula is C22H26ClNO5S. The van der Waals surface area contributed by atoms with Crippen molar-refractivity contribution < 1.29 is 24.2 Å². The molecule has 1 aliphatic rings. The van der Waals surface area contributed by atoms with E-state index in [1.165, 1.54) is 11.3 Å². The van der Waals surface area contributed by atoms with E-state index in [2.05, 4.69) is 0 Å². The van der Waals surface area contributed by atoms with Crippen molar-refractivity contribution >= 4 is 35.0 Å². The van der Waals surface area contributed by atoms with E-state index in [0.717, 1.165) is 4.88 Å². The molecule has 0 atom stereocenters. The molecule has 0 unspecified atom stereocenters. The van der Waals surface area contributed by atoms with Crippen LogP contribution in [0, 0.1) is 5.41 Å². The van der Waals surface area contributed by atoms with Gasteiger partial charge in [-0.25, -0.2) is 4.79 Å². The van der Waals surface area contributed by atoms with Gasteiger partial charge in [0.1, 0.15) is 17.1 Å². The van der Waals surface area contributed by atoms with E-state index in [1.807, 2.05) is 32.2 Å². The summed E-state index contributed by atoms with van der Waals surface area (Å²) < 4.78 is 11.2. The number of carboxylic acid groups (broad SMARTS) is 1. The number of carbonyl (C=O) groups excluding carboxylic acids is 1. The van der Waals surface area contributed by atoms with Gasteiger partial charge in [-0.15, -0.1) is 11.3 Å². The van der Waals surface area contributed by atoms with Gasteiger partial charge in [-0.05, 0) is 70.4 Å². The molecule has 0 spiro atoms. The van der Waals surface area contributed by atoms with E-state index in [4.69, 9.17) is 21.1 Å². The number of ether oxygens (including phenoxy) is 2. The summed E-state index contributed by atoms with van der Waals surface area (Å²) in [6.45, 7) is 6.17. The van der Waals surface area contributed by atoms with E-state index in [1.54, 1.807) is 29.2 Å². The zero-order valence-electron chi connectivity index (χ0n) is 17.3. The van der Waals surface area contributed by atoms with Crippen molar-refractivity contribution in [2.24, 2.45) is 5.41 Å². The third-order valence-electron chi connectivity index (χ3n) is 5.02. The van der Waals surface area contributed by atoms with Gasteiger partial charge in [-0.1, -0.05) is 11.6 Å². The Morgan fingerprint density at radius 1 is 1.17 bits per heavy atom. The number of amides is 1. The van der Waals surface area contributed by atoms with E-state index in [9.17, 15) is 14.7 Å². The highest BCUT2D eigenvalue weighted by molar-refractivity contribution is 7.10. The number of hydrogen-bond acceptors (Lipinski definition) is 5. The van der Waals surface area contributed by atoms with Crippen molar-refractivity contribution in [1.29, 1.82) is 0 Å². The molecule has 0 saturated carbocycles. The third-order valence-corrected chi connectivity index (χ3v) is 6.18.